The summed E-state index contributed by atoms with van der Waals surface area (Å²) in [6.45, 7) is 4.43. The molecule has 1 heterocycles. The van der Waals surface area contributed by atoms with Gasteiger partial charge in [-0.25, -0.2) is 0 Å². The molecule has 7 heteroatoms. The van der Waals surface area contributed by atoms with Crippen LogP contribution in [0.25, 0.3) is 0 Å². The summed E-state index contributed by atoms with van der Waals surface area (Å²) >= 11 is 5.88. The van der Waals surface area contributed by atoms with Gasteiger partial charge in [0.15, 0.2) is 11.5 Å². The van der Waals surface area contributed by atoms with Gasteiger partial charge in [-0.3, -0.25) is 9.59 Å². The standard InChI is InChI=1S/C21H23ClN2O4/c1-3-13(2)19(21(26)23-11-14-4-7-16(22)8-5-14)24-20(25)15-6-9-17-18(10-15)28-12-27-17/h4-10,13,19H,3,11-12H2,1-2H3,(H,23,26)(H,24,25)/t13-,19-/m0/s1. The van der Waals surface area contributed by atoms with Gasteiger partial charge in [-0.2, -0.15) is 0 Å². The van der Waals surface area contributed by atoms with Crippen LogP contribution in [0.3, 0.4) is 0 Å². The maximum atomic E-state index is 12.7. The summed E-state index contributed by atoms with van der Waals surface area (Å²) in [5, 5.41) is 6.38. The van der Waals surface area contributed by atoms with Crippen LogP contribution in [0.4, 0.5) is 0 Å². The molecule has 2 amide bonds. The number of hydrogen-bond donors (Lipinski definition) is 2. The Morgan fingerprint density at radius 2 is 1.82 bits per heavy atom. The van der Waals surface area contributed by atoms with E-state index in [2.05, 4.69) is 10.6 Å². The Morgan fingerprint density at radius 3 is 2.54 bits per heavy atom. The molecule has 2 atom stereocenters. The van der Waals surface area contributed by atoms with Crippen molar-refractivity contribution in [2.45, 2.75) is 32.9 Å². The number of halogens is 1. The molecule has 6 nitrogen and oxygen atoms in total. The number of carbonyl (C=O) groups excluding carboxylic acids is 2. The molecule has 0 fully saturated rings. The van der Waals surface area contributed by atoms with Crippen molar-refractivity contribution in [3.63, 3.8) is 0 Å². The molecule has 0 bridgehead atoms. The van der Waals surface area contributed by atoms with Gasteiger partial charge in [0.05, 0.1) is 0 Å². The van der Waals surface area contributed by atoms with E-state index in [0.29, 0.717) is 28.6 Å². The highest BCUT2D eigenvalue weighted by atomic mass is 35.5. The molecule has 3 rings (SSSR count). The molecule has 0 saturated carbocycles. The summed E-state index contributed by atoms with van der Waals surface area (Å²) < 4.78 is 10.6. The van der Waals surface area contributed by atoms with E-state index >= 15 is 0 Å². The normalized spacial score (nSPS) is 14.2. The zero-order valence-electron chi connectivity index (χ0n) is 15.8. The van der Waals surface area contributed by atoms with Gasteiger partial charge in [-0.1, -0.05) is 44.0 Å². The first kappa shape index (κ1) is 20.0. The summed E-state index contributed by atoms with van der Waals surface area (Å²) in [4.78, 5) is 25.4. The molecule has 2 N–H and O–H groups in total. The van der Waals surface area contributed by atoms with E-state index in [1.807, 2.05) is 26.0 Å². The monoisotopic (exact) mass is 402 g/mol. The Balaban J connectivity index is 1.66. The summed E-state index contributed by atoms with van der Waals surface area (Å²) in [5.41, 5.74) is 1.35. The summed E-state index contributed by atoms with van der Waals surface area (Å²) in [5.74, 6) is 0.558. The van der Waals surface area contributed by atoms with Crippen LogP contribution in [0.15, 0.2) is 42.5 Å². The van der Waals surface area contributed by atoms with Crippen LogP contribution >= 0.6 is 11.6 Å². The van der Waals surface area contributed by atoms with Crippen LogP contribution in [-0.4, -0.2) is 24.6 Å². The smallest absolute Gasteiger partial charge is 0.252 e. The molecular weight excluding hydrogens is 380 g/mol. The van der Waals surface area contributed by atoms with Crippen molar-refractivity contribution in [1.82, 2.24) is 10.6 Å². The van der Waals surface area contributed by atoms with E-state index in [-0.39, 0.29) is 24.5 Å². The van der Waals surface area contributed by atoms with Crippen molar-refractivity contribution in [3.05, 3.63) is 58.6 Å². The lowest BCUT2D eigenvalue weighted by Crippen LogP contribution is -2.50. The van der Waals surface area contributed by atoms with Crippen LogP contribution in [-0.2, 0) is 11.3 Å². The average molecular weight is 403 g/mol. The fraction of sp³-hybridized carbons (Fsp3) is 0.333. The number of amides is 2. The van der Waals surface area contributed by atoms with Gasteiger partial charge in [0.25, 0.3) is 5.91 Å². The van der Waals surface area contributed by atoms with E-state index in [0.717, 1.165) is 12.0 Å². The lowest BCUT2D eigenvalue weighted by atomic mass is 9.97. The lowest BCUT2D eigenvalue weighted by molar-refractivity contribution is -0.124. The van der Waals surface area contributed by atoms with Crippen molar-refractivity contribution in [1.29, 1.82) is 0 Å². The topological polar surface area (TPSA) is 76.7 Å². The van der Waals surface area contributed by atoms with Gasteiger partial charge >= 0.3 is 0 Å². The van der Waals surface area contributed by atoms with E-state index in [1.165, 1.54) is 0 Å². The zero-order chi connectivity index (χ0) is 20.1. The summed E-state index contributed by atoms with van der Waals surface area (Å²) in [6.07, 6.45) is 0.750. The van der Waals surface area contributed by atoms with Crippen LogP contribution < -0.4 is 20.1 Å². The van der Waals surface area contributed by atoms with E-state index in [1.54, 1.807) is 30.3 Å². The summed E-state index contributed by atoms with van der Waals surface area (Å²) in [6, 6.07) is 11.6. The van der Waals surface area contributed by atoms with Crippen LogP contribution in [0.5, 0.6) is 11.5 Å². The minimum absolute atomic E-state index is 0.0248. The predicted molar refractivity (Wildman–Crippen MR) is 107 cm³/mol. The third kappa shape index (κ3) is 4.75. The van der Waals surface area contributed by atoms with Crippen molar-refractivity contribution in [2.24, 2.45) is 5.92 Å². The SMILES string of the molecule is CC[C@H](C)[C@H](NC(=O)c1ccc2c(c1)OCO2)C(=O)NCc1ccc(Cl)cc1. The molecule has 2 aromatic carbocycles. The molecule has 0 radical (unpaired) electrons. The van der Waals surface area contributed by atoms with Crippen LogP contribution in [0, 0.1) is 5.92 Å². The van der Waals surface area contributed by atoms with Gasteiger partial charge in [0.2, 0.25) is 12.7 Å². The molecule has 0 saturated heterocycles. The van der Waals surface area contributed by atoms with Crippen molar-refractivity contribution in [2.75, 3.05) is 6.79 Å². The quantitative estimate of drug-likeness (QED) is 0.742. The van der Waals surface area contributed by atoms with Gasteiger partial charge < -0.3 is 20.1 Å². The molecule has 1 aliphatic rings. The highest BCUT2D eigenvalue weighted by molar-refractivity contribution is 6.30. The Hall–Kier alpha value is -2.73. The van der Waals surface area contributed by atoms with Gasteiger partial charge in [0, 0.05) is 17.1 Å². The molecule has 0 unspecified atom stereocenters. The Bertz CT molecular complexity index is 854. The molecule has 2 aromatic rings. The molecule has 0 aliphatic carbocycles. The molecule has 0 spiro atoms. The van der Waals surface area contributed by atoms with Crippen molar-refractivity contribution >= 4 is 23.4 Å². The second-order valence-corrected chi connectivity index (χ2v) is 7.19. The number of nitrogens with one attached hydrogen (secondary N) is 2. The number of benzene rings is 2. The number of ether oxygens (including phenoxy) is 2. The Kier molecular flexibility index (Phi) is 6.41. The third-order valence-corrected chi connectivity index (χ3v) is 5.05. The number of carbonyl (C=O) groups is 2. The largest absolute Gasteiger partial charge is 0.454 e. The number of hydrogen-bond acceptors (Lipinski definition) is 4. The number of rotatable bonds is 7. The fourth-order valence-corrected chi connectivity index (χ4v) is 2.99. The first-order valence-electron chi connectivity index (χ1n) is 9.20. The first-order chi connectivity index (χ1) is 13.5. The van der Waals surface area contributed by atoms with Crippen LogP contribution in [0.1, 0.15) is 36.2 Å². The average Bonchev–Trinajstić information content (AvgIpc) is 3.18. The molecule has 28 heavy (non-hydrogen) atoms. The minimum Gasteiger partial charge on any atom is -0.454 e. The fourth-order valence-electron chi connectivity index (χ4n) is 2.87. The van der Waals surface area contributed by atoms with Crippen LogP contribution in [0.2, 0.25) is 5.02 Å². The third-order valence-electron chi connectivity index (χ3n) is 4.80. The maximum Gasteiger partial charge on any atom is 0.252 e. The summed E-state index contributed by atoms with van der Waals surface area (Å²) in [7, 11) is 0. The van der Waals surface area contributed by atoms with Crippen molar-refractivity contribution < 1.29 is 19.1 Å². The molecule has 148 valence electrons. The van der Waals surface area contributed by atoms with Gasteiger partial charge in [-0.05, 0) is 41.8 Å². The van der Waals surface area contributed by atoms with Crippen molar-refractivity contribution in [3.8, 4) is 11.5 Å². The minimum atomic E-state index is -0.643. The lowest BCUT2D eigenvalue weighted by Gasteiger charge is -2.23. The second kappa shape index (κ2) is 8.97. The molecular formula is C21H23ClN2O4. The van der Waals surface area contributed by atoms with Gasteiger partial charge in [0.1, 0.15) is 6.04 Å². The number of fused-ring (bicyclic) bond motifs is 1. The Morgan fingerprint density at radius 1 is 1.11 bits per heavy atom. The molecule has 0 aromatic heterocycles. The highest BCUT2D eigenvalue weighted by Gasteiger charge is 2.27. The predicted octanol–water partition coefficient (Wildman–Crippen LogP) is 3.53. The highest BCUT2D eigenvalue weighted by Crippen LogP contribution is 2.32. The molecule has 1 aliphatic heterocycles. The van der Waals surface area contributed by atoms with Gasteiger partial charge in [-0.15, -0.1) is 0 Å². The Labute approximate surface area is 169 Å². The second-order valence-electron chi connectivity index (χ2n) is 6.75. The van der Waals surface area contributed by atoms with E-state index in [9.17, 15) is 9.59 Å². The van der Waals surface area contributed by atoms with E-state index < -0.39 is 6.04 Å². The maximum absolute atomic E-state index is 12.7. The first-order valence-corrected chi connectivity index (χ1v) is 9.58. The van der Waals surface area contributed by atoms with E-state index in [4.69, 9.17) is 21.1 Å². The zero-order valence-corrected chi connectivity index (χ0v) is 16.6.